The van der Waals surface area contributed by atoms with Gasteiger partial charge in [-0.1, -0.05) is 12.5 Å². The Hall–Kier alpha value is -0.460. The maximum atomic E-state index is 10.2. The molecule has 0 amide bonds. The Kier molecular flexibility index (Phi) is 4.14. The molecule has 2 saturated heterocycles. The van der Waals surface area contributed by atoms with Crippen molar-refractivity contribution in [2.45, 2.75) is 81.9 Å². The first kappa shape index (κ1) is 15.4. The summed E-state index contributed by atoms with van der Waals surface area (Å²) in [5.74, 6) is -1.17. The highest BCUT2D eigenvalue weighted by atomic mass is 16.8. The van der Waals surface area contributed by atoms with Crippen molar-refractivity contribution in [3.63, 3.8) is 0 Å². The minimum absolute atomic E-state index is 0.221. The van der Waals surface area contributed by atoms with Crippen LogP contribution in [-0.2, 0) is 18.9 Å². The molecule has 120 valence electrons. The van der Waals surface area contributed by atoms with Crippen LogP contribution in [0.5, 0.6) is 0 Å². The van der Waals surface area contributed by atoms with E-state index in [-0.39, 0.29) is 12.2 Å². The third-order valence-corrected chi connectivity index (χ3v) is 4.62. The largest absolute Gasteiger partial charge is 0.386 e. The smallest absolute Gasteiger partial charge is 0.169 e. The summed E-state index contributed by atoms with van der Waals surface area (Å²) in [5, 5.41) is 10.2. The summed E-state index contributed by atoms with van der Waals surface area (Å²) in [6.07, 6.45) is 4.91. The molecule has 0 radical (unpaired) electrons. The van der Waals surface area contributed by atoms with Gasteiger partial charge in [0, 0.05) is 12.8 Å². The van der Waals surface area contributed by atoms with E-state index in [4.69, 9.17) is 18.9 Å². The van der Waals surface area contributed by atoms with Crippen molar-refractivity contribution in [2.75, 3.05) is 6.61 Å². The highest BCUT2D eigenvalue weighted by Crippen LogP contribution is 2.44. The summed E-state index contributed by atoms with van der Waals surface area (Å²) in [4.78, 5) is 0. The van der Waals surface area contributed by atoms with Gasteiger partial charge in [0.2, 0.25) is 0 Å². The molecule has 4 atom stereocenters. The lowest BCUT2D eigenvalue weighted by Gasteiger charge is -2.32. The molecular weight excluding hydrogens is 272 g/mol. The molecule has 2 aliphatic heterocycles. The number of ether oxygens (including phenoxy) is 4. The van der Waals surface area contributed by atoms with Gasteiger partial charge < -0.3 is 24.1 Å². The lowest BCUT2D eigenvalue weighted by molar-refractivity contribution is -0.208. The lowest BCUT2D eigenvalue weighted by atomic mass is 9.94. The molecule has 1 saturated carbocycles. The van der Waals surface area contributed by atoms with Gasteiger partial charge in [0.15, 0.2) is 11.6 Å². The molecular formula is C16H26O5. The van der Waals surface area contributed by atoms with Gasteiger partial charge in [-0.3, -0.25) is 0 Å². The molecule has 3 rings (SSSR count). The van der Waals surface area contributed by atoms with Gasteiger partial charge in [-0.15, -0.1) is 6.58 Å². The minimum atomic E-state index is -0.761. The molecule has 4 unspecified atom stereocenters. The molecule has 0 aromatic heterocycles. The molecule has 3 aliphatic rings. The van der Waals surface area contributed by atoms with Crippen LogP contribution in [0.15, 0.2) is 12.7 Å². The molecule has 2 heterocycles. The summed E-state index contributed by atoms with van der Waals surface area (Å²) >= 11 is 0. The summed E-state index contributed by atoms with van der Waals surface area (Å²) < 4.78 is 24.0. The number of rotatable bonds is 3. The van der Waals surface area contributed by atoms with Crippen LogP contribution in [0.4, 0.5) is 0 Å². The van der Waals surface area contributed by atoms with Crippen LogP contribution in [0.3, 0.4) is 0 Å². The fraction of sp³-hybridized carbons (Fsp3) is 0.875. The normalized spacial score (nSPS) is 39.5. The van der Waals surface area contributed by atoms with Crippen molar-refractivity contribution < 1.29 is 24.1 Å². The minimum Gasteiger partial charge on any atom is -0.386 e. The first-order valence-electron chi connectivity index (χ1n) is 7.93. The zero-order chi connectivity index (χ0) is 15.1. The monoisotopic (exact) mass is 298 g/mol. The zero-order valence-corrected chi connectivity index (χ0v) is 12.9. The van der Waals surface area contributed by atoms with E-state index in [0.717, 1.165) is 25.7 Å². The molecule has 21 heavy (non-hydrogen) atoms. The van der Waals surface area contributed by atoms with E-state index in [1.165, 1.54) is 12.5 Å². The van der Waals surface area contributed by atoms with Crippen molar-refractivity contribution >= 4 is 0 Å². The maximum Gasteiger partial charge on any atom is 0.169 e. The number of hydrogen-bond acceptors (Lipinski definition) is 5. The molecule has 5 heteroatoms. The van der Waals surface area contributed by atoms with E-state index in [1.54, 1.807) is 0 Å². The van der Waals surface area contributed by atoms with Gasteiger partial charge in [-0.05, 0) is 26.7 Å². The second-order valence-electron chi connectivity index (χ2n) is 6.73. The Morgan fingerprint density at radius 1 is 1.14 bits per heavy atom. The molecule has 1 N–H and O–H groups in total. The highest BCUT2D eigenvalue weighted by molar-refractivity contribution is 5.00. The van der Waals surface area contributed by atoms with Gasteiger partial charge in [-0.2, -0.15) is 0 Å². The fourth-order valence-corrected chi connectivity index (χ4v) is 3.55. The predicted molar refractivity (Wildman–Crippen MR) is 76.7 cm³/mol. The number of aliphatic hydroxyl groups excluding tert-OH is 1. The molecule has 1 aliphatic carbocycles. The Labute approximate surface area is 126 Å². The van der Waals surface area contributed by atoms with Crippen molar-refractivity contribution in [1.29, 1.82) is 0 Å². The lowest BCUT2D eigenvalue weighted by Crippen LogP contribution is -2.43. The molecule has 0 aromatic carbocycles. The van der Waals surface area contributed by atoms with Crippen LogP contribution in [0, 0.1) is 0 Å². The molecule has 1 spiro atoms. The van der Waals surface area contributed by atoms with Crippen molar-refractivity contribution in [1.82, 2.24) is 0 Å². The van der Waals surface area contributed by atoms with Crippen molar-refractivity contribution in [2.24, 2.45) is 0 Å². The Bertz CT molecular complexity index is 388. The van der Waals surface area contributed by atoms with Crippen LogP contribution in [-0.4, -0.2) is 47.7 Å². The number of aliphatic hydroxyl groups is 1. The van der Waals surface area contributed by atoms with E-state index in [1.807, 2.05) is 13.8 Å². The number of hydrogen-bond donors (Lipinski definition) is 1. The van der Waals surface area contributed by atoms with Crippen LogP contribution in [0.1, 0.15) is 46.0 Å². The van der Waals surface area contributed by atoms with Crippen LogP contribution in [0.25, 0.3) is 0 Å². The fourth-order valence-electron chi connectivity index (χ4n) is 3.55. The second-order valence-corrected chi connectivity index (χ2v) is 6.73. The first-order chi connectivity index (χ1) is 9.95. The first-order valence-corrected chi connectivity index (χ1v) is 7.93. The van der Waals surface area contributed by atoms with Crippen LogP contribution < -0.4 is 0 Å². The quantitative estimate of drug-likeness (QED) is 0.809. The van der Waals surface area contributed by atoms with Crippen LogP contribution >= 0.6 is 0 Å². The Morgan fingerprint density at radius 2 is 1.86 bits per heavy atom. The zero-order valence-electron chi connectivity index (χ0n) is 12.9. The van der Waals surface area contributed by atoms with Gasteiger partial charge >= 0.3 is 0 Å². The van der Waals surface area contributed by atoms with E-state index in [2.05, 4.69) is 6.58 Å². The van der Waals surface area contributed by atoms with Gasteiger partial charge in [0.05, 0.1) is 6.61 Å². The summed E-state index contributed by atoms with van der Waals surface area (Å²) in [6.45, 7) is 7.90. The summed E-state index contributed by atoms with van der Waals surface area (Å²) in [6, 6.07) is 0. The molecule has 0 bridgehead atoms. The van der Waals surface area contributed by atoms with E-state index < -0.39 is 23.8 Å². The SMILES string of the molecule is C=CC(O)C1OC2(CCCCC2)OC1C1COC(C)(C)O1. The Balaban J connectivity index is 1.77. The Morgan fingerprint density at radius 3 is 2.43 bits per heavy atom. The van der Waals surface area contributed by atoms with Gasteiger partial charge in [0.25, 0.3) is 0 Å². The molecule has 3 fully saturated rings. The van der Waals surface area contributed by atoms with Gasteiger partial charge in [-0.25, -0.2) is 0 Å². The maximum absolute atomic E-state index is 10.2. The predicted octanol–water partition coefficient (Wildman–Crippen LogP) is 2.13. The molecule has 0 aromatic rings. The van der Waals surface area contributed by atoms with Crippen molar-refractivity contribution in [3.8, 4) is 0 Å². The van der Waals surface area contributed by atoms with Crippen molar-refractivity contribution in [3.05, 3.63) is 12.7 Å². The van der Waals surface area contributed by atoms with E-state index in [0.29, 0.717) is 6.61 Å². The molecule has 5 nitrogen and oxygen atoms in total. The average Bonchev–Trinajstić information content (AvgIpc) is 3.00. The third kappa shape index (κ3) is 3.03. The standard InChI is InChI=1S/C16H26O5/c1-4-11(17)13-14(12-10-18-15(2,3)19-12)21-16(20-13)8-6-5-7-9-16/h4,11-14,17H,1,5-10H2,2-3H3. The second kappa shape index (κ2) is 5.63. The third-order valence-electron chi connectivity index (χ3n) is 4.62. The van der Waals surface area contributed by atoms with E-state index >= 15 is 0 Å². The average molecular weight is 298 g/mol. The highest BCUT2D eigenvalue weighted by Gasteiger charge is 2.54. The topological polar surface area (TPSA) is 57.2 Å². The van der Waals surface area contributed by atoms with E-state index in [9.17, 15) is 5.11 Å². The van der Waals surface area contributed by atoms with Gasteiger partial charge in [0.1, 0.15) is 24.4 Å². The summed E-state index contributed by atoms with van der Waals surface area (Å²) in [7, 11) is 0. The van der Waals surface area contributed by atoms with Crippen LogP contribution in [0.2, 0.25) is 0 Å². The summed E-state index contributed by atoms with van der Waals surface area (Å²) in [5.41, 5.74) is 0.